The van der Waals surface area contributed by atoms with E-state index in [2.05, 4.69) is 4.98 Å². The SMILES string of the molecule is FC(F)(F)c1cc(Cl)nc(-c2ccoc2)c1. The minimum Gasteiger partial charge on any atom is -0.472 e. The van der Waals surface area contributed by atoms with Gasteiger partial charge in [0.05, 0.1) is 23.8 Å². The molecule has 0 fully saturated rings. The van der Waals surface area contributed by atoms with Gasteiger partial charge in [0.1, 0.15) is 5.15 Å². The lowest BCUT2D eigenvalue weighted by Gasteiger charge is -2.08. The third-order valence-electron chi connectivity index (χ3n) is 1.94. The zero-order chi connectivity index (χ0) is 11.8. The Hall–Kier alpha value is -1.49. The number of pyridine rings is 1. The Balaban J connectivity index is 2.53. The molecule has 16 heavy (non-hydrogen) atoms. The molecule has 0 aromatic carbocycles. The van der Waals surface area contributed by atoms with E-state index >= 15 is 0 Å². The summed E-state index contributed by atoms with van der Waals surface area (Å²) < 4.78 is 42.2. The second-order valence-electron chi connectivity index (χ2n) is 3.07. The Morgan fingerprint density at radius 3 is 2.56 bits per heavy atom. The van der Waals surface area contributed by atoms with Crippen LogP contribution in [0.3, 0.4) is 0 Å². The number of alkyl halides is 3. The van der Waals surface area contributed by atoms with E-state index in [-0.39, 0.29) is 10.8 Å². The summed E-state index contributed by atoms with van der Waals surface area (Å²) in [5.41, 5.74) is -0.245. The normalized spacial score (nSPS) is 11.8. The number of hydrogen-bond donors (Lipinski definition) is 0. The molecule has 2 heterocycles. The van der Waals surface area contributed by atoms with Crippen LogP contribution in [0.5, 0.6) is 0 Å². The van der Waals surface area contributed by atoms with E-state index in [1.54, 1.807) is 0 Å². The van der Waals surface area contributed by atoms with Gasteiger partial charge >= 0.3 is 6.18 Å². The minimum atomic E-state index is -4.44. The molecule has 0 bridgehead atoms. The molecule has 0 radical (unpaired) electrons. The first-order chi connectivity index (χ1) is 7.47. The van der Waals surface area contributed by atoms with Crippen molar-refractivity contribution < 1.29 is 17.6 Å². The van der Waals surface area contributed by atoms with E-state index < -0.39 is 11.7 Å². The zero-order valence-corrected chi connectivity index (χ0v) is 8.51. The summed E-state index contributed by atoms with van der Waals surface area (Å²) in [7, 11) is 0. The average molecular weight is 248 g/mol. The van der Waals surface area contributed by atoms with E-state index in [4.69, 9.17) is 16.0 Å². The molecule has 2 aromatic heterocycles. The monoisotopic (exact) mass is 247 g/mol. The molecular weight excluding hydrogens is 243 g/mol. The minimum absolute atomic E-state index is 0.133. The summed E-state index contributed by atoms with van der Waals surface area (Å²) in [6.45, 7) is 0. The fourth-order valence-electron chi connectivity index (χ4n) is 1.22. The van der Waals surface area contributed by atoms with Gasteiger partial charge < -0.3 is 4.42 Å². The van der Waals surface area contributed by atoms with Crippen LogP contribution >= 0.6 is 11.6 Å². The Bertz CT molecular complexity index is 493. The Kier molecular flexibility index (Phi) is 2.63. The van der Waals surface area contributed by atoms with E-state index in [0.29, 0.717) is 5.56 Å². The van der Waals surface area contributed by atoms with Gasteiger partial charge in [0.2, 0.25) is 0 Å². The Labute approximate surface area is 93.7 Å². The van der Waals surface area contributed by atoms with Crippen LogP contribution in [0.2, 0.25) is 5.15 Å². The number of furan rings is 1. The fraction of sp³-hybridized carbons (Fsp3) is 0.100. The highest BCUT2D eigenvalue weighted by Crippen LogP contribution is 2.33. The van der Waals surface area contributed by atoms with Gasteiger partial charge in [-0.1, -0.05) is 11.6 Å². The van der Waals surface area contributed by atoms with Crippen LogP contribution in [0.25, 0.3) is 11.3 Å². The van der Waals surface area contributed by atoms with Crippen LogP contribution in [0.15, 0.2) is 35.1 Å². The van der Waals surface area contributed by atoms with Gasteiger partial charge in [0, 0.05) is 5.56 Å². The van der Waals surface area contributed by atoms with Crippen molar-refractivity contribution in [2.45, 2.75) is 6.18 Å². The van der Waals surface area contributed by atoms with Crippen molar-refractivity contribution in [1.82, 2.24) is 4.98 Å². The summed E-state index contributed by atoms with van der Waals surface area (Å²) in [6.07, 6.45) is -1.78. The third kappa shape index (κ3) is 2.19. The molecule has 0 aliphatic heterocycles. The summed E-state index contributed by atoms with van der Waals surface area (Å²) in [5.74, 6) is 0. The molecule has 0 aliphatic rings. The van der Waals surface area contributed by atoms with Crippen molar-refractivity contribution >= 4 is 11.6 Å². The largest absolute Gasteiger partial charge is 0.472 e. The van der Waals surface area contributed by atoms with Gasteiger partial charge in [-0.25, -0.2) is 4.98 Å². The predicted molar refractivity (Wildman–Crippen MR) is 52.0 cm³/mol. The number of halogens is 4. The molecule has 0 saturated carbocycles. The molecule has 0 unspecified atom stereocenters. The summed E-state index contributed by atoms with van der Waals surface area (Å²) in [4.78, 5) is 3.80. The summed E-state index contributed by atoms with van der Waals surface area (Å²) in [5, 5.41) is -0.203. The van der Waals surface area contributed by atoms with E-state index in [1.807, 2.05) is 0 Å². The topological polar surface area (TPSA) is 26.0 Å². The van der Waals surface area contributed by atoms with Crippen LogP contribution in [0, 0.1) is 0 Å². The molecule has 2 aromatic rings. The molecule has 84 valence electrons. The maximum Gasteiger partial charge on any atom is 0.416 e. The predicted octanol–water partition coefficient (Wildman–Crippen LogP) is 4.01. The number of hydrogen-bond acceptors (Lipinski definition) is 2. The maximum atomic E-state index is 12.5. The van der Waals surface area contributed by atoms with E-state index in [9.17, 15) is 13.2 Å². The van der Waals surface area contributed by atoms with Gasteiger partial charge in [-0.15, -0.1) is 0 Å². The van der Waals surface area contributed by atoms with Crippen LogP contribution in [-0.4, -0.2) is 4.98 Å². The van der Waals surface area contributed by atoms with Gasteiger partial charge in [-0.05, 0) is 18.2 Å². The van der Waals surface area contributed by atoms with Gasteiger partial charge in [-0.3, -0.25) is 0 Å². The molecule has 2 rings (SSSR count). The number of rotatable bonds is 1. The second-order valence-corrected chi connectivity index (χ2v) is 3.46. The molecule has 0 amide bonds. The molecule has 0 atom stereocenters. The first-order valence-corrected chi connectivity index (χ1v) is 4.62. The van der Waals surface area contributed by atoms with Crippen LogP contribution < -0.4 is 0 Å². The number of aromatic nitrogens is 1. The highest BCUT2D eigenvalue weighted by molar-refractivity contribution is 6.29. The van der Waals surface area contributed by atoms with Crippen molar-refractivity contribution in [3.05, 3.63) is 41.4 Å². The standard InChI is InChI=1S/C10H5ClF3NO/c11-9-4-7(10(12,13)14)3-8(15-9)6-1-2-16-5-6/h1-5H. The van der Waals surface area contributed by atoms with Gasteiger partial charge in [0.15, 0.2) is 0 Å². The van der Waals surface area contributed by atoms with Crippen molar-refractivity contribution in [2.75, 3.05) is 0 Å². The first kappa shape index (κ1) is 11.0. The van der Waals surface area contributed by atoms with Crippen molar-refractivity contribution in [3.8, 4) is 11.3 Å². The molecule has 0 saturated heterocycles. The fourth-order valence-corrected chi connectivity index (χ4v) is 1.43. The average Bonchev–Trinajstić information content (AvgIpc) is 2.68. The van der Waals surface area contributed by atoms with Crippen LogP contribution in [0.1, 0.15) is 5.56 Å². The van der Waals surface area contributed by atoms with Gasteiger partial charge in [0.25, 0.3) is 0 Å². The van der Waals surface area contributed by atoms with Crippen LogP contribution in [0.4, 0.5) is 13.2 Å². The lowest BCUT2D eigenvalue weighted by atomic mass is 10.1. The smallest absolute Gasteiger partial charge is 0.416 e. The van der Waals surface area contributed by atoms with Crippen LogP contribution in [-0.2, 0) is 6.18 Å². The Morgan fingerprint density at radius 2 is 2.00 bits per heavy atom. The first-order valence-electron chi connectivity index (χ1n) is 4.24. The highest BCUT2D eigenvalue weighted by atomic mass is 35.5. The lowest BCUT2D eigenvalue weighted by Crippen LogP contribution is -2.05. The zero-order valence-electron chi connectivity index (χ0n) is 7.75. The summed E-state index contributed by atoms with van der Waals surface area (Å²) >= 11 is 5.53. The lowest BCUT2D eigenvalue weighted by molar-refractivity contribution is -0.137. The molecule has 0 aliphatic carbocycles. The second kappa shape index (κ2) is 3.83. The summed E-state index contributed by atoms with van der Waals surface area (Å²) in [6, 6.07) is 3.22. The number of nitrogens with zero attached hydrogens (tertiary/aromatic N) is 1. The quantitative estimate of drug-likeness (QED) is 0.712. The molecule has 2 nitrogen and oxygen atoms in total. The maximum absolute atomic E-state index is 12.5. The van der Waals surface area contributed by atoms with Crippen molar-refractivity contribution in [1.29, 1.82) is 0 Å². The molecular formula is C10H5ClF3NO. The molecule has 0 spiro atoms. The van der Waals surface area contributed by atoms with E-state index in [0.717, 1.165) is 12.1 Å². The molecule has 6 heteroatoms. The molecule has 0 N–H and O–H groups in total. The van der Waals surface area contributed by atoms with Crippen molar-refractivity contribution in [2.24, 2.45) is 0 Å². The van der Waals surface area contributed by atoms with Crippen molar-refractivity contribution in [3.63, 3.8) is 0 Å². The van der Waals surface area contributed by atoms with E-state index in [1.165, 1.54) is 18.6 Å². The Morgan fingerprint density at radius 1 is 1.25 bits per heavy atom. The third-order valence-corrected chi connectivity index (χ3v) is 2.13. The highest BCUT2D eigenvalue weighted by Gasteiger charge is 2.31. The van der Waals surface area contributed by atoms with Gasteiger partial charge in [-0.2, -0.15) is 13.2 Å².